The zero-order valence-electron chi connectivity index (χ0n) is 19.4. The molecule has 1 aliphatic heterocycles. The lowest BCUT2D eigenvalue weighted by molar-refractivity contribution is 0.138. The van der Waals surface area contributed by atoms with E-state index in [1.54, 1.807) is 4.90 Å². The molecule has 31 heavy (non-hydrogen) atoms. The van der Waals surface area contributed by atoms with Crippen molar-refractivity contribution in [1.82, 2.24) is 10.2 Å². The summed E-state index contributed by atoms with van der Waals surface area (Å²) in [5.74, 6) is 0.140. The zero-order valence-corrected chi connectivity index (χ0v) is 21.0. The van der Waals surface area contributed by atoms with Crippen molar-refractivity contribution >= 4 is 34.0 Å². The Morgan fingerprint density at radius 2 is 1.84 bits per heavy atom. The van der Waals surface area contributed by atoms with Crippen LogP contribution in [0.1, 0.15) is 46.1 Å². The van der Waals surface area contributed by atoms with E-state index in [1.807, 2.05) is 45.0 Å². The molecule has 0 spiro atoms. The number of rotatable bonds is 9. The number of urea groups is 1. The molecule has 0 saturated carbocycles. The summed E-state index contributed by atoms with van der Waals surface area (Å²) < 4.78 is 25.5. The second-order valence-corrected chi connectivity index (χ2v) is 10.8. The van der Waals surface area contributed by atoms with Gasteiger partial charge in [0.2, 0.25) is 0 Å². The number of halogens is 1. The topological polar surface area (TPSA) is 95.7 Å². The number of sulfone groups is 1. The van der Waals surface area contributed by atoms with Crippen molar-refractivity contribution in [3.8, 4) is 0 Å². The summed E-state index contributed by atoms with van der Waals surface area (Å²) in [5.41, 5.74) is 7.39. The molecular weight excluding hydrogens is 436 g/mol. The summed E-state index contributed by atoms with van der Waals surface area (Å²) in [4.78, 5) is 15.6. The summed E-state index contributed by atoms with van der Waals surface area (Å²) in [6.45, 7) is 10.4. The summed E-state index contributed by atoms with van der Waals surface area (Å²) in [6, 6.07) is 7.33. The molecule has 1 heterocycles. The fourth-order valence-corrected chi connectivity index (χ4v) is 6.53. The maximum absolute atomic E-state index is 12.8. The average molecular weight is 475 g/mol. The van der Waals surface area contributed by atoms with Crippen molar-refractivity contribution in [2.75, 3.05) is 30.8 Å². The molecule has 0 radical (unpaired) electrons. The Labute approximate surface area is 194 Å². The van der Waals surface area contributed by atoms with Crippen molar-refractivity contribution in [2.24, 2.45) is 11.7 Å². The molecule has 1 aliphatic rings. The molecule has 1 aromatic rings. The van der Waals surface area contributed by atoms with E-state index in [4.69, 9.17) is 5.73 Å². The third-order valence-corrected chi connectivity index (χ3v) is 7.49. The van der Waals surface area contributed by atoms with E-state index in [1.165, 1.54) is 6.26 Å². The fraction of sp³-hybridized carbons (Fsp3) is 0.682. The summed E-state index contributed by atoms with van der Waals surface area (Å²) in [6.07, 6.45) is 3.81. The molecule has 7 nitrogen and oxygen atoms in total. The van der Waals surface area contributed by atoms with Gasteiger partial charge < -0.3 is 11.1 Å². The van der Waals surface area contributed by atoms with E-state index >= 15 is 0 Å². The molecular formula is C22H39ClN4O3S. The lowest BCUT2D eigenvalue weighted by Gasteiger charge is -2.40. The van der Waals surface area contributed by atoms with Gasteiger partial charge in [0.1, 0.15) is 5.37 Å². The van der Waals surface area contributed by atoms with Crippen molar-refractivity contribution in [1.29, 1.82) is 0 Å². The van der Waals surface area contributed by atoms with Crippen molar-refractivity contribution in [3.63, 3.8) is 0 Å². The van der Waals surface area contributed by atoms with Crippen molar-refractivity contribution in [3.05, 3.63) is 29.8 Å². The number of carbonyl (C=O) groups is 1. The first-order valence-corrected chi connectivity index (χ1v) is 12.8. The first-order chi connectivity index (χ1) is 14.1. The third-order valence-electron chi connectivity index (χ3n) is 5.96. The Kier molecular flexibility index (Phi) is 10.8. The van der Waals surface area contributed by atoms with Crippen LogP contribution in [-0.2, 0) is 16.3 Å². The second kappa shape index (κ2) is 12.0. The van der Waals surface area contributed by atoms with E-state index in [-0.39, 0.29) is 30.4 Å². The van der Waals surface area contributed by atoms with Gasteiger partial charge in [-0.2, -0.15) is 0 Å². The predicted molar refractivity (Wildman–Crippen MR) is 131 cm³/mol. The van der Waals surface area contributed by atoms with Crippen LogP contribution in [0.5, 0.6) is 0 Å². The molecule has 1 aromatic carbocycles. The molecule has 0 bridgehead atoms. The maximum atomic E-state index is 12.8. The number of amides is 2. The minimum Gasteiger partial charge on any atom is -0.351 e. The number of benzene rings is 1. The van der Waals surface area contributed by atoms with Gasteiger partial charge in [-0.25, -0.2) is 13.2 Å². The van der Waals surface area contributed by atoms with Crippen LogP contribution in [0.2, 0.25) is 0 Å². The first-order valence-electron chi connectivity index (χ1n) is 10.9. The Hall–Kier alpha value is -1.35. The van der Waals surface area contributed by atoms with Crippen LogP contribution >= 0.6 is 12.4 Å². The van der Waals surface area contributed by atoms with E-state index in [9.17, 15) is 13.2 Å². The predicted octanol–water partition coefficient (Wildman–Crippen LogP) is 3.03. The van der Waals surface area contributed by atoms with Gasteiger partial charge in [0.05, 0.1) is 0 Å². The number of likely N-dealkylation sites (N-methyl/N-ethyl adjacent to an activating group) is 1. The van der Waals surface area contributed by atoms with Gasteiger partial charge in [-0.1, -0.05) is 19.1 Å². The highest BCUT2D eigenvalue weighted by Crippen LogP contribution is 2.28. The number of nitrogens with one attached hydrogen (secondary N) is 1. The number of nitrogens with zero attached hydrogens (tertiary/aromatic N) is 2. The quantitative estimate of drug-likeness (QED) is 0.573. The van der Waals surface area contributed by atoms with Gasteiger partial charge in [-0.05, 0) is 83.3 Å². The van der Waals surface area contributed by atoms with Crippen LogP contribution in [0.25, 0.3) is 0 Å². The molecule has 178 valence electrons. The highest BCUT2D eigenvalue weighted by Gasteiger charge is 2.37. The minimum absolute atomic E-state index is 0. The number of nitrogens with two attached hydrogens (primary N) is 1. The van der Waals surface area contributed by atoms with Crippen LogP contribution in [0.4, 0.5) is 10.5 Å². The summed E-state index contributed by atoms with van der Waals surface area (Å²) >= 11 is 0. The van der Waals surface area contributed by atoms with Gasteiger partial charge in [0, 0.05) is 24.0 Å². The number of hydrogen-bond donors (Lipinski definition) is 2. The molecule has 2 atom stereocenters. The largest absolute Gasteiger partial charge is 0.351 e. The SMILES string of the molecule is CCN(C(C)Cc1cccc(N(C(N)=O)C(C)C)c1)C(C1CCNCC1)S(C)(=O)=O.Cl. The van der Waals surface area contributed by atoms with Crippen LogP contribution in [0.3, 0.4) is 0 Å². The Morgan fingerprint density at radius 3 is 2.32 bits per heavy atom. The number of anilines is 1. The van der Waals surface area contributed by atoms with Gasteiger partial charge in [0.25, 0.3) is 0 Å². The molecule has 3 N–H and O–H groups in total. The Morgan fingerprint density at radius 1 is 1.23 bits per heavy atom. The van der Waals surface area contributed by atoms with Crippen molar-refractivity contribution in [2.45, 2.75) is 64.4 Å². The summed E-state index contributed by atoms with van der Waals surface area (Å²) in [5, 5.41) is 2.85. The lowest BCUT2D eigenvalue weighted by Crippen LogP contribution is -2.52. The lowest BCUT2D eigenvalue weighted by atomic mass is 9.95. The van der Waals surface area contributed by atoms with Gasteiger partial charge >= 0.3 is 6.03 Å². The summed E-state index contributed by atoms with van der Waals surface area (Å²) in [7, 11) is -3.23. The molecule has 2 unspecified atom stereocenters. The standard InChI is InChI=1S/C22H38N4O3S.ClH/c1-6-25(21(30(5,28)29)19-10-12-24-13-11-19)17(4)14-18-8-7-9-20(15-18)26(16(2)3)22(23)27;/h7-9,15-17,19,21,24H,6,10-14H2,1-5H3,(H2,23,27);1H. The highest BCUT2D eigenvalue weighted by molar-refractivity contribution is 7.91. The average Bonchev–Trinajstić information content (AvgIpc) is 2.65. The second-order valence-electron chi connectivity index (χ2n) is 8.66. The molecule has 1 saturated heterocycles. The van der Waals surface area contributed by atoms with Crippen LogP contribution in [0.15, 0.2) is 24.3 Å². The fourth-order valence-electron chi connectivity index (χ4n) is 4.71. The van der Waals surface area contributed by atoms with Crippen LogP contribution < -0.4 is 16.0 Å². The minimum atomic E-state index is -3.23. The van der Waals surface area contributed by atoms with E-state index < -0.39 is 21.2 Å². The van der Waals surface area contributed by atoms with Gasteiger partial charge in [0.15, 0.2) is 9.84 Å². The first kappa shape index (κ1) is 27.7. The van der Waals surface area contributed by atoms with Crippen LogP contribution in [0, 0.1) is 5.92 Å². The number of piperidine rings is 1. The molecule has 1 fully saturated rings. The monoisotopic (exact) mass is 474 g/mol. The highest BCUT2D eigenvalue weighted by atomic mass is 35.5. The number of hydrogen-bond acceptors (Lipinski definition) is 5. The maximum Gasteiger partial charge on any atom is 0.319 e. The normalized spacial score (nSPS) is 17.3. The van der Waals surface area contributed by atoms with E-state index in [0.29, 0.717) is 13.0 Å². The van der Waals surface area contributed by atoms with Crippen molar-refractivity contribution < 1.29 is 13.2 Å². The van der Waals surface area contributed by atoms with Gasteiger partial charge in [-0.3, -0.25) is 9.80 Å². The Bertz CT molecular complexity index is 813. The van der Waals surface area contributed by atoms with E-state index in [0.717, 1.165) is 37.2 Å². The number of carbonyl (C=O) groups excluding carboxylic acids is 1. The Balaban J connectivity index is 0.00000480. The molecule has 2 amide bonds. The smallest absolute Gasteiger partial charge is 0.319 e. The molecule has 0 aliphatic carbocycles. The van der Waals surface area contributed by atoms with E-state index in [2.05, 4.69) is 17.1 Å². The molecule has 9 heteroatoms. The molecule has 2 rings (SSSR count). The zero-order chi connectivity index (χ0) is 22.5. The van der Waals surface area contributed by atoms with Crippen LogP contribution in [-0.4, -0.2) is 62.7 Å². The molecule has 0 aromatic heterocycles. The number of primary amides is 1. The third kappa shape index (κ3) is 7.34. The van der Waals surface area contributed by atoms with Gasteiger partial charge in [-0.15, -0.1) is 12.4 Å².